The first kappa shape index (κ1) is 10.3. The van der Waals surface area contributed by atoms with Crippen LogP contribution in [0.3, 0.4) is 0 Å². The van der Waals surface area contributed by atoms with E-state index in [9.17, 15) is 9.46 Å². The first-order valence-corrected chi connectivity index (χ1v) is 7.52. The van der Waals surface area contributed by atoms with E-state index in [0.29, 0.717) is 26.1 Å². The molecule has 3 fully saturated rings. The molecular weight excluding hydrogens is 215 g/mol. The van der Waals surface area contributed by atoms with E-state index in [2.05, 4.69) is 0 Å². The SMILES string of the molecule is O=P1(O)C2CCCC1CC1(C2)OCCO1. The molecule has 1 N–H and O–H groups in total. The lowest BCUT2D eigenvalue weighted by Gasteiger charge is -2.46. The average Bonchev–Trinajstić information content (AvgIpc) is 2.57. The summed E-state index contributed by atoms with van der Waals surface area (Å²) in [6.07, 6.45) is 4.04. The van der Waals surface area contributed by atoms with Crippen LogP contribution in [0.2, 0.25) is 0 Å². The number of hydrogen-bond donors (Lipinski definition) is 1. The maximum Gasteiger partial charge on any atom is 0.207 e. The molecule has 3 rings (SSSR count). The lowest BCUT2D eigenvalue weighted by Crippen LogP contribution is -2.46. The number of ether oxygens (including phenoxy) is 2. The highest BCUT2D eigenvalue weighted by Gasteiger charge is 2.55. The standard InChI is InChI=1S/C10H17O4P/c11-15(12)8-2-1-3-9(15)7-10(6-8)13-4-5-14-10/h8-9H,1-7H2,(H,11,12). The van der Waals surface area contributed by atoms with Crippen molar-refractivity contribution in [1.29, 1.82) is 0 Å². The molecule has 3 saturated heterocycles. The second-order valence-corrected chi connectivity index (χ2v) is 7.73. The Morgan fingerprint density at radius 1 is 1.13 bits per heavy atom. The predicted molar refractivity (Wildman–Crippen MR) is 55.1 cm³/mol. The third-order valence-corrected chi connectivity index (χ3v) is 7.00. The van der Waals surface area contributed by atoms with Crippen LogP contribution < -0.4 is 0 Å². The van der Waals surface area contributed by atoms with Crippen LogP contribution in [0.5, 0.6) is 0 Å². The Bertz CT molecular complexity index is 291. The van der Waals surface area contributed by atoms with Gasteiger partial charge >= 0.3 is 0 Å². The molecule has 15 heavy (non-hydrogen) atoms. The molecule has 0 saturated carbocycles. The van der Waals surface area contributed by atoms with Gasteiger partial charge in [-0.1, -0.05) is 6.42 Å². The van der Waals surface area contributed by atoms with Crippen LogP contribution in [0.25, 0.3) is 0 Å². The fourth-order valence-electron chi connectivity index (χ4n) is 3.26. The van der Waals surface area contributed by atoms with Crippen LogP contribution in [-0.2, 0) is 14.0 Å². The molecule has 86 valence electrons. The van der Waals surface area contributed by atoms with Crippen molar-refractivity contribution in [3.63, 3.8) is 0 Å². The van der Waals surface area contributed by atoms with Crippen LogP contribution >= 0.6 is 7.37 Å². The first-order valence-electron chi connectivity index (χ1n) is 5.72. The molecule has 3 aliphatic heterocycles. The first-order chi connectivity index (χ1) is 7.12. The molecule has 3 aliphatic rings. The van der Waals surface area contributed by atoms with E-state index in [1.54, 1.807) is 0 Å². The van der Waals surface area contributed by atoms with E-state index in [1.165, 1.54) is 0 Å². The van der Waals surface area contributed by atoms with Crippen molar-refractivity contribution < 1.29 is 18.9 Å². The van der Waals surface area contributed by atoms with Gasteiger partial charge in [-0.25, -0.2) is 0 Å². The Labute approximate surface area is 89.4 Å². The highest BCUT2D eigenvalue weighted by atomic mass is 31.2. The molecule has 2 atom stereocenters. The Hall–Kier alpha value is 0.110. The lowest BCUT2D eigenvalue weighted by molar-refractivity contribution is -0.173. The fraction of sp³-hybridized carbons (Fsp3) is 1.00. The summed E-state index contributed by atoms with van der Waals surface area (Å²) in [5.41, 5.74) is -0.161. The van der Waals surface area contributed by atoms with E-state index in [1.807, 2.05) is 0 Å². The van der Waals surface area contributed by atoms with Gasteiger partial charge in [0.15, 0.2) is 5.79 Å². The molecule has 0 aromatic heterocycles. The topological polar surface area (TPSA) is 55.8 Å². The number of rotatable bonds is 0. The monoisotopic (exact) mass is 232 g/mol. The molecule has 4 nitrogen and oxygen atoms in total. The smallest absolute Gasteiger partial charge is 0.207 e. The molecule has 2 bridgehead atoms. The molecule has 0 aliphatic carbocycles. The predicted octanol–water partition coefficient (Wildman–Crippen LogP) is 1.71. The average molecular weight is 232 g/mol. The van der Waals surface area contributed by atoms with Crippen LogP contribution in [0, 0.1) is 0 Å². The Morgan fingerprint density at radius 3 is 2.20 bits per heavy atom. The van der Waals surface area contributed by atoms with Gasteiger partial charge in [-0.2, -0.15) is 0 Å². The van der Waals surface area contributed by atoms with Crippen LogP contribution in [0.15, 0.2) is 0 Å². The molecule has 0 aromatic carbocycles. The third-order valence-electron chi connectivity index (χ3n) is 4.03. The van der Waals surface area contributed by atoms with E-state index in [4.69, 9.17) is 9.47 Å². The highest BCUT2D eigenvalue weighted by Crippen LogP contribution is 2.65. The zero-order valence-electron chi connectivity index (χ0n) is 8.72. The summed E-state index contributed by atoms with van der Waals surface area (Å²) in [6.45, 7) is 1.27. The zero-order chi connectivity index (χ0) is 10.5. The van der Waals surface area contributed by atoms with E-state index in [0.717, 1.165) is 19.3 Å². The van der Waals surface area contributed by atoms with Gasteiger partial charge in [0, 0.05) is 24.2 Å². The van der Waals surface area contributed by atoms with Gasteiger partial charge in [-0.3, -0.25) is 4.57 Å². The van der Waals surface area contributed by atoms with Gasteiger partial charge in [0.25, 0.3) is 0 Å². The molecule has 0 amide bonds. The summed E-state index contributed by atoms with van der Waals surface area (Å²) < 4.78 is 23.5. The van der Waals surface area contributed by atoms with E-state index < -0.39 is 13.2 Å². The van der Waals surface area contributed by atoms with Crippen LogP contribution in [0.1, 0.15) is 32.1 Å². The molecule has 3 heterocycles. The quantitative estimate of drug-likeness (QED) is 0.646. The van der Waals surface area contributed by atoms with Crippen molar-refractivity contribution in [1.82, 2.24) is 0 Å². The van der Waals surface area contributed by atoms with Gasteiger partial charge in [-0.15, -0.1) is 0 Å². The third kappa shape index (κ3) is 1.50. The van der Waals surface area contributed by atoms with Crippen molar-refractivity contribution in [3.8, 4) is 0 Å². The van der Waals surface area contributed by atoms with Crippen molar-refractivity contribution in [2.24, 2.45) is 0 Å². The van der Waals surface area contributed by atoms with Gasteiger partial charge < -0.3 is 14.4 Å². The normalized spacial score (nSPS) is 48.3. The largest absolute Gasteiger partial charge is 0.347 e. The van der Waals surface area contributed by atoms with Crippen molar-refractivity contribution in [2.45, 2.75) is 49.2 Å². The van der Waals surface area contributed by atoms with Crippen molar-refractivity contribution in [3.05, 3.63) is 0 Å². The maximum absolute atomic E-state index is 12.2. The van der Waals surface area contributed by atoms with Gasteiger partial charge in [0.1, 0.15) is 0 Å². The Morgan fingerprint density at radius 2 is 1.67 bits per heavy atom. The minimum absolute atomic E-state index is 0.0805. The Balaban J connectivity index is 1.89. The molecule has 2 unspecified atom stereocenters. The summed E-state index contributed by atoms with van der Waals surface area (Å²) in [5, 5.41) is 0. The molecule has 1 spiro atoms. The van der Waals surface area contributed by atoms with Crippen molar-refractivity contribution in [2.75, 3.05) is 13.2 Å². The van der Waals surface area contributed by atoms with E-state index in [-0.39, 0.29) is 11.3 Å². The minimum atomic E-state index is -2.94. The molecule has 0 radical (unpaired) electrons. The lowest BCUT2D eigenvalue weighted by atomic mass is 9.93. The van der Waals surface area contributed by atoms with Crippen LogP contribution in [-0.4, -0.2) is 35.2 Å². The van der Waals surface area contributed by atoms with Crippen molar-refractivity contribution >= 4 is 7.37 Å². The Kier molecular flexibility index (Phi) is 2.26. The second-order valence-electron chi connectivity index (χ2n) is 4.93. The summed E-state index contributed by atoms with van der Waals surface area (Å²) in [7, 11) is -2.94. The molecule has 0 aromatic rings. The zero-order valence-corrected chi connectivity index (χ0v) is 9.62. The minimum Gasteiger partial charge on any atom is -0.347 e. The summed E-state index contributed by atoms with van der Waals surface area (Å²) in [4.78, 5) is 10.0. The van der Waals surface area contributed by atoms with Gasteiger partial charge in [0.05, 0.1) is 13.2 Å². The second kappa shape index (κ2) is 3.30. The molecule has 5 heteroatoms. The molecular formula is C10H17O4P. The van der Waals surface area contributed by atoms with Gasteiger partial charge in [0.2, 0.25) is 7.37 Å². The summed E-state index contributed by atoms with van der Waals surface area (Å²) >= 11 is 0. The van der Waals surface area contributed by atoms with Gasteiger partial charge in [-0.05, 0) is 12.8 Å². The summed E-state index contributed by atoms with van der Waals surface area (Å²) in [5.74, 6) is -0.508. The fourth-order valence-corrected chi connectivity index (χ4v) is 6.04. The maximum atomic E-state index is 12.2. The van der Waals surface area contributed by atoms with E-state index >= 15 is 0 Å². The highest BCUT2D eigenvalue weighted by molar-refractivity contribution is 7.59. The number of fused-ring (bicyclic) bond motifs is 2. The summed E-state index contributed by atoms with van der Waals surface area (Å²) in [6, 6.07) is 0. The van der Waals surface area contributed by atoms with Crippen LogP contribution in [0.4, 0.5) is 0 Å². The number of hydrogen-bond acceptors (Lipinski definition) is 3.